The van der Waals surface area contributed by atoms with Crippen molar-refractivity contribution in [3.05, 3.63) is 0 Å². The Morgan fingerprint density at radius 3 is 2.06 bits per heavy atom. The van der Waals surface area contributed by atoms with Crippen molar-refractivity contribution in [1.29, 1.82) is 0 Å². The summed E-state index contributed by atoms with van der Waals surface area (Å²) < 4.78 is 0. The third kappa shape index (κ3) is 7.73. The zero-order valence-corrected chi connectivity index (χ0v) is 22.1. The molecule has 2 fully saturated rings. The Bertz CT molecular complexity index is 469. The summed E-state index contributed by atoms with van der Waals surface area (Å²) in [6.45, 7) is 9.49. The first-order valence-corrected chi connectivity index (χ1v) is 14.4. The Balaban J connectivity index is 2.22. The monoisotopic (exact) mass is 435 g/mol. The van der Waals surface area contributed by atoms with Crippen LogP contribution in [0.25, 0.3) is 0 Å². The highest BCUT2D eigenvalue weighted by molar-refractivity contribution is 4.94. The van der Waals surface area contributed by atoms with Crippen LogP contribution in [0.4, 0.5) is 0 Å². The van der Waals surface area contributed by atoms with Gasteiger partial charge in [-0.3, -0.25) is 4.90 Å². The summed E-state index contributed by atoms with van der Waals surface area (Å²) in [6, 6.07) is 0.664. The van der Waals surface area contributed by atoms with E-state index in [0.29, 0.717) is 17.5 Å². The van der Waals surface area contributed by atoms with Gasteiger partial charge in [0.05, 0.1) is 5.60 Å². The normalized spacial score (nSPS) is 29.1. The van der Waals surface area contributed by atoms with Gasteiger partial charge in [0.15, 0.2) is 0 Å². The Kier molecular flexibility index (Phi) is 11.9. The fourth-order valence-corrected chi connectivity index (χ4v) is 7.09. The molecule has 2 aliphatic carbocycles. The molecule has 0 aliphatic heterocycles. The van der Waals surface area contributed by atoms with Crippen molar-refractivity contribution in [3.8, 4) is 0 Å². The average Bonchev–Trinajstić information content (AvgIpc) is 2.88. The van der Waals surface area contributed by atoms with Crippen LogP contribution in [0.5, 0.6) is 0 Å². The van der Waals surface area contributed by atoms with Crippen LogP contribution in [-0.4, -0.2) is 34.2 Å². The predicted octanol–water partition coefficient (Wildman–Crippen LogP) is 8.51. The molecule has 0 aromatic heterocycles. The van der Waals surface area contributed by atoms with Gasteiger partial charge >= 0.3 is 0 Å². The summed E-state index contributed by atoms with van der Waals surface area (Å²) in [5, 5.41) is 11.7. The van der Waals surface area contributed by atoms with E-state index in [1.165, 1.54) is 109 Å². The van der Waals surface area contributed by atoms with E-state index in [2.05, 4.69) is 39.6 Å². The van der Waals surface area contributed by atoms with Crippen LogP contribution in [0.15, 0.2) is 0 Å². The quantitative estimate of drug-likeness (QED) is 0.392. The zero-order valence-electron chi connectivity index (χ0n) is 22.1. The van der Waals surface area contributed by atoms with Crippen molar-refractivity contribution in [2.24, 2.45) is 11.8 Å². The zero-order chi connectivity index (χ0) is 22.7. The van der Waals surface area contributed by atoms with Gasteiger partial charge in [0.2, 0.25) is 0 Å². The highest BCUT2D eigenvalue weighted by Crippen LogP contribution is 2.42. The van der Waals surface area contributed by atoms with Gasteiger partial charge in [-0.25, -0.2) is 0 Å². The van der Waals surface area contributed by atoms with Gasteiger partial charge in [0.25, 0.3) is 0 Å². The van der Waals surface area contributed by atoms with Gasteiger partial charge in [0, 0.05) is 11.6 Å². The van der Waals surface area contributed by atoms with Crippen LogP contribution in [0.1, 0.15) is 150 Å². The molecule has 1 N–H and O–H groups in total. The second kappa shape index (κ2) is 13.6. The van der Waals surface area contributed by atoms with Gasteiger partial charge in [-0.05, 0) is 77.2 Å². The lowest BCUT2D eigenvalue weighted by Gasteiger charge is -2.48. The fourth-order valence-electron chi connectivity index (χ4n) is 7.09. The standard InChI is InChI=1S/C29H57NO/c1-6-9-23-29(31,8-3)26-20-16-12-11-15-19-25(24-26)27(7-2)30(5)28(4)21-17-13-10-14-18-22-28/h25-27,31H,6-24H2,1-5H3. The lowest BCUT2D eigenvalue weighted by molar-refractivity contribution is -0.0537. The molecule has 0 aromatic rings. The first-order valence-electron chi connectivity index (χ1n) is 14.4. The molecule has 0 spiro atoms. The molecule has 0 amide bonds. The summed E-state index contributed by atoms with van der Waals surface area (Å²) in [5.41, 5.74) is -0.0854. The minimum Gasteiger partial charge on any atom is -0.390 e. The number of nitrogens with zero attached hydrogens (tertiary/aromatic N) is 1. The minimum absolute atomic E-state index is 0.359. The Labute approximate surface area is 196 Å². The van der Waals surface area contributed by atoms with E-state index in [0.717, 1.165) is 18.8 Å². The summed E-state index contributed by atoms with van der Waals surface area (Å²) in [4.78, 5) is 2.84. The second-order valence-electron chi connectivity index (χ2n) is 11.6. The van der Waals surface area contributed by atoms with E-state index >= 15 is 0 Å². The lowest BCUT2D eigenvalue weighted by Crippen LogP contribution is -2.53. The van der Waals surface area contributed by atoms with Crippen molar-refractivity contribution in [1.82, 2.24) is 4.90 Å². The van der Waals surface area contributed by atoms with Gasteiger partial charge in [-0.2, -0.15) is 0 Å². The van der Waals surface area contributed by atoms with E-state index in [-0.39, 0.29) is 0 Å². The molecule has 4 unspecified atom stereocenters. The average molecular weight is 436 g/mol. The predicted molar refractivity (Wildman–Crippen MR) is 137 cm³/mol. The topological polar surface area (TPSA) is 23.5 Å². The Morgan fingerprint density at radius 1 is 0.903 bits per heavy atom. The number of hydrogen-bond acceptors (Lipinski definition) is 2. The molecule has 4 atom stereocenters. The third-order valence-corrected chi connectivity index (χ3v) is 9.54. The number of unbranched alkanes of at least 4 members (excludes halogenated alkanes) is 1. The van der Waals surface area contributed by atoms with Gasteiger partial charge in [0.1, 0.15) is 0 Å². The minimum atomic E-state index is -0.445. The molecule has 0 aromatic carbocycles. The van der Waals surface area contributed by atoms with Crippen molar-refractivity contribution in [2.75, 3.05) is 7.05 Å². The summed E-state index contributed by atoms with van der Waals surface area (Å²) in [7, 11) is 2.46. The first kappa shape index (κ1) is 27.2. The molecular formula is C29H57NO. The Hall–Kier alpha value is -0.0800. The van der Waals surface area contributed by atoms with E-state index < -0.39 is 5.60 Å². The maximum absolute atomic E-state index is 11.7. The molecular weight excluding hydrogens is 378 g/mol. The Morgan fingerprint density at radius 2 is 1.48 bits per heavy atom. The summed E-state index contributed by atoms with van der Waals surface area (Å²) in [6.07, 6.45) is 24.7. The highest BCUT2D eigenvalue weighted by atomic mass is 16.3. The fraction of sp³-hybridized carbons (Fsp3) is 1.00. The number of hydrogen-bond donors (Lipinski definition) is 1. The van der Waals surface area contributed by atoms with Gasteiger partial charge in [-0.1, -0.05) is 91.4 Å². The SMILES string of the molecule is CCCCC(O)(CC)C1CCCCCCC(C(CC)N(C)C2(C)CCCCCCC2)C1. The smallest absolute Gasteiger partial charge is 0.0673 e. The number of aliphatic hydroxyl groups is 1. The molecule has 2 rings (SSSR count). The maximum atomic E-state index is 11.7. The summed E-state index contributed by atoms with van der Waals surface area (Å²) >= 11 is 0. The molecule has 2 heteroatoms. The molecule has 0 saturated heterocycles. The highest BCUT2D eigenvalue weighted by Gasteiger charge is 2.40. The van der Waals surface area contributed by atoms with E-state index in [4.69, 9.17) is 0 Å². The molecule has 0 bridgehead atoms. The van der Waals surface area contributed by atoms with Crippen molar-refractivity contribution < 1.29 is 5.11 Å². The van der Waals surface area contributed by atoms with Gasteiger partial charge < -0.3 is 5.11 Å². The van der Waals surface area contributed by atoms with Crippen LogP contribution >= 0.6 is 0 Å². The summed E-state index contributed by atoms with van der Waals surface area (Å²) in [5.74, 6) is 1.22. The van der Waals surface area contributed by atoms with Crippen LogP contribution in [0.2, 0.25) is 0 Å². The second-order valence-corrected chi connectivity index (χ2v) is 11.6. The molecule has 2 nitrogen and oxygen atoms in total. The number of rotatable bonds is 9. The molecule has 2 aliphatic rings. The molecule has 31 heavy (non-hydrogen) atoms. The van der Waals surface area contributed by atoms with Crippen LogP contribution in [0.3, 0.4) is 0 Å². The van der Waals surface area contributed by atoms with Crippen LogP contribution in [-0.2, 0) is 0 Å². The van der Waals surface area contributed by atoms with Crippen LogP contribution < -0.4 is 0 Å². The van der Waals surface area contributed by atoms with Gasteiger partial charge in [-0.15, -0.1) is 0 Å². The van der Waals surface area contributed by atoms with Crippen molar-refractivity contribution >= 4 is 0 Å². The van der Waals surface area contributed by atoms with Crippen molar-refractivity contribution in [2.45, 2.75) is 167 Å². The largest absolute Gasteiger partial charge is 0.390 e. The maximum Gasteiger partial charge on any atom is 0.0673 e. The molecule has 0 radical (unpaired) electrons. The molecule has 2 saturated carbocycles. The third-order valence-electron chi connectivity index (χ3n) is 9.54. The van der Waals surface area contributed by atoms with Crippen molar-refractivity contribution in [3.63, 3.8) is 0 Å². The van der Waals surface area contributed by atoms with Crippen LogP contribution in [0, 0.1) is 11.8 Å². The van der Waals surface area contributed by atoms with E-state index in [9.17, 15) is 5.11 Å². The molecule has 184 valence electrons. The lowest BCUT2D eigenvalue weighted by atomic mass is 9.71. The molecule has 0 heterocycles. The first-order chi connectivity index (χ1) is 14.9. The van der Waals surface area contributed by atoms with E-state index in [1.807, 2.05) is 0 Å². The van der Waals surface area contributed by atoms with E-state index in [1.54, 1.807) is 0 Å².